The third kappa shape index (κ3) is 1.98. The number of esters is 1. The predicted octanol–water partition coefficient (Wildman–Crippen LogP) is -1.24. The van der Waals surface area contributed by atoms with Crippen molar-refractivity contribution in [1.82, 2.24) is 10.6 Å². The molecule has 1 amide bonds. The topological polar surface area (TPSA) is 67.4 Å². The van der Waals surface area contributed by atoms with Gasteiger partial charge in [-0.25, -0.2) is 4.79 Å². The van der Waals surface area contributed by atoms with Crippen molar-refractivity contribution in [3.63, 3.8) is 0 Å². The lowest BCUT2D eigenvalue weighted by Crippen LogP contribution is -2.43. The van der Waals surface area contributed by atoms with Gasteiger partial charge in [0.05, 0.1) is 13.2 Å². The van der Waals surface area contributed by atoms with Crippen molar-refractivity contribution in [3.05, 3.63) is 11.8 Å². The molecule has 0 saturated carbocycles. The minimum Gasteiger partial charge on any atom is -0.466 e. The molecule has 1 saturated heterocycles. The quantitative estimate of drug-likeness (QED) is 0.381. The highest BCUT2D eigenvalue weighted by molar-refractivity contribution is 5.99. The molecule has 12 heavy (non-hydrogen) atoms. The Bertz CT molecular complexity index is 235. The summed E-state index contributed by atoms with van der Waals surface area (Å²) in [6.45, 7) is 1.21. The molecule has 1 heterocycles. The van der Waals surface area contributed by atoms with Crippen molar-refractivity contribution >= 4 is 11.9 Å². The van der Waals surface area contributed by atoms with Gasteiger partial charge in [0, 0.05) is 13.1 Å². The molecule has 1 rings (SSSR count). The Balaban J connectivity index is 2.65. The second-order valence-corrected chi connectivity index (χ2v) is 2.26. The minimum absolute atomic E-state index is 0.258. The molecule has 5 nitrogen and oxygen atoms in total. The molecule has 0 aliphatic carbocycles. The fourth-order valence-electron chi connectivity index (χ4n) is 0.842. The van der Waals surface area contributed by atoms with Crippen molar-refractivity contribution in [2.75, 3.05) is 20.2 Å². The van der Waals surface area contributed by atoms with Crippen LogP contribution in [0.2, 0.25) is 0 Å². The lowest BCUT2D eigenvalue weighted by atomic mass is 10.3. The van der Waals surface area contributed by atoms with Crippen molar-refractivity contribution < 1.29 is 14.3 Å². The van der Waals surface area contributed by atoms with Gasteiger partial charge >= 0.3 is 5.97 Å². The van der Waals surface area contributed by atoms with Crippen LogP contribution in [0.4, 0.5) is 0 Å². The van der Waals surface area contributed by atoms with Crippen LogP contribution in [0.1, 0.15) is 0 Å². The fraction of sp³-hybridized carbons (Fsp3) is 0.429. The van der Waals surface area contributed by atoms with Crippen molar-refractivity contribution in [1.29, 1.82) is 0 Å². The van der Waals surface area contributed by atoms with Crippen molar-refractivity contribution in [3.8, 4) is 0 Å². The highest BCUT2D eigenvalue weighted by atomic mass is 16.5. The third-order valence-corrected chi connectivity index (χ3v) is 1.43. The van der Waals surface area contributed by atoms with E-state index in [9.17, 15) is 9.59 Å². The number of rotatable bonds is 1. The molecule has 66 valence electrons. The summed E-state index contributed by atoms with van der Waals surface area (Å²) >= 11 is 0. The minimum atomic E-state index is -0.533. The van der Waals surface area contributed by atoms with Gasteiger partial charge in [0.1, 0.15) is 5.70 Å². The molecule has 2 N–H and O–H groups in total. The zero-order chi connectivity index (χ0) is 8.97. The molecule has 0 radical (unpaired) electrons. The van der Waals surface area contributed by atoms with Crippen LogP contribution in [0.25, 0.3) is 0 Å². The number of hydrogen-bond acceptors (Lipinski definition) is 4. The van der Waals surface area contributed by atoms with Gasteiger partial charge in [-0.3, -0.25) is 4.79 Å². The van der Waals surface area contributed by atoms with Crippen LogP contribution in [-0.2, 0) is 14.3 Å². The average molecular weight is 170 g/mol. The van der Waals surface area contributed by atoms with E-state index in [0.29, 0.717) is 13.1 Å². The lowest BCUT2D eigenvalue weighted by molar-refractivity contribution is -0.135. The van der Waals surface area contributed by atoms with Crippen LogP contribution in [0.15, 0.2) is 11.8 Å². The summed E-state index contributed by atoms with van der Waals surface area (Å²) in [6, 6.07) is 0. The molecule has 0 aromatic carbocycles. The first-order valence-electron chi connectivity index (χ1n) is 3.56. The predicted molar refractivity (Wildman–Crippen MR) is 41.1 cm³/mol. The maximum absolute atomic E-state index is 11.0. The molecule has 0 aromatic heterocycles. The monoisotopic (exact) mass is 170 g/mol. The second kappa shape index (κ2) is 3.75. The highest BCUT2D eigenvalue weighted by Crippen LogP contribution is 1.94. The summed E-state index contributed by atoms with van der Waals surface area (Å²) in [6.07, 6.45) is 1.13. The van der Waals surface area contributed by atoms with E-state index in [1.54, 1.807) is 0 Å². The van der Waals surface area contributed by atoms with Gasteiger partial charge in [0.15, 0.2) is 0 Å². The maximum atomic E-state index is 11.0. The van der Waals surface area contributed by atoms with E-state index in [-0.39, 0.29) is 11.6 Å². The fourth-order valence-corrected chi connectivity index (χ4v) is 0.842. The van der Waals surface area contributed by atoms with Gasteiger partial charge < -0.3 is 15.4 Å². The molecule has 1 aliphatic heterocycles. The Hall–Kier alpha value is -1.52. The number of piperazine rings is 1. The van der Waals surface area contributed by atoms with Gasteiger partial charge in [-0.15, -0.1) is 0 Å². The van der Waals surface area contributed by atoms with Crippen LogP contribution in [0.3, 0.4) is 0 Å². The number of carbonyl (C=O) groups excluding carboxylic acids is 2. The molecule has 0 spiro atoms. The summed E-state index contributed by atoms with van der Waals surface area (Å²) in [4.78, 5) is 21.7. The molecule has 0 bridgehead atoms. The smallest absolute Gasteiger partial charge is 0.332 e. The molecule has 1 fully saturated rings. The zero-order valence-corrected chi connectivity index (χ0v) is 6.72. The molecular weight excluding hydrogens is 160 g/mol. The summed E-state index contributed by atoms with van der Waals surface area (Å²) < 4.78 is 4.37. The van der Waals surface area contributed by atoms with E-state index < -0.39 is 5.97 Å². The Morgan fingerprint density at radius 1 is 1.50 bits per heavy atom. The van der Waals surface area contributed by atoms with Crippen molar-refractivity contribution in [2.24, 2.45) is 0 Å². The van der Waals surface area contributed by atoms with Gasteiger partial charge in [-0.05, 0) is 0 Å². The Labute approximate surface area is 69.8 Å². The largest absolute Gasteiger partial charge is 0.466 e. The number of carbonyl (C=O) groups is 2. The molecule has 0 aromatic rings. The highest BCUT2D eigenvalue weighted by Gasteiger charge is 2.14. The number of nitrogens with one attached hydrogen (secondary N) is 2. The van der Waals surface area contributed by atoms with Crippen LogP contribution in [0, 0.1) is 0 Å². The summed E-state index contributed by atoms with van der Waals surface area (Å²) in [7, 11) is 1.26. The molecular formula is C7H10N2O3. The Morgan fingerprint density at radius 3 is 2.75 bits per heavy atom. The zero-order valence-electron chi connectivity index (χ0n) is 6.72. The van der Waals surface area contributed by atoms with Crippen LogP contribution in [0.5, 0.6) is 0 Å². The number of methoxy groups -OCH3 is 1. The maximum Gasteiger partial charge on any atom is 0.332 e. The molecule has 5 heteroatoms. The van der Waals surface area contributed by atoms with E-state index in [1.165, 1.54) is 7.11 Å². The summed E-state index contributed by atoms with van der Waals surface area (Å²) in [5, 5.41) is 5.37. The van der Waals surface area contributed by atoms with Gasteiger partial charge in [-0.2, -0.15) is 0 Å². The van der Waals surface area contributed by atoms with Gasteiger partial charge in [0.2, 0.25) is 0 Å². The summed E-state index contributed by atoms with van der Waals surface area (Å²) in [5.74, 6) is -0.804. The van der Waals surface area contributed by atoms with E-state index >= 15 is 0 Å². The van der Waals surface area contributed by atoms with Crippen LogP contribution < -0.4 is 10.6 Å². The van der Waals surface area contributed by atoms with Gasteiger partial charge in [0.25, 0.3) is 5.91 Å². The lowest BCUT2D eigenvalue weighted by Gasteiger charge is -2.16. The number of hydrogen-bond donors (Lipinski definition) is 2. The van der Waals surface area contributed by atoms with Gasteiger partial charge in [-0.1, -0.05) is 0 Å². The number of amides is 1. The summed E-state index contributed by atoms with van der Waals surface area (Å²) in [5.41, 5.74) is 0.258. The van der Waals surface area contributed by atoms with E-state index in [0.717, 1.165) is 6.08 Å². The first-order chi connectivity index (χ1) is 5.74. The Kier molecular flexibility index (Phi) is 2.68. The van der Waals surface area contributed by atoms with E-state index in [4.69, 9.17) is 0 Å². The van der Waals surface area contributed by atoms with E-state index in [1.807, 2.05) is 0 Å². The van der Waals surface area contributed by atoms with Crippen LogP contribution >= 0.6 is 0 Å². The molecule has 0 atom stereocenters. The number of ether oxygens (including phenoxy) is 1. The SMILES string of the molecule is COC(=O)/C=C1/NCCNC1=O. The normalized spacial score (nSPS) is 19.8. The second-order valence-electron chi connectivity index (χ2n) is 2.26. The van der Waals surface area contributed by atoms with Crippen LogP contribution in [-0.4, -0.2) is 32.1 Å². The standard InChI is InChI=1S/C7H10N2O3/c1-12-6(10)4-5-7(11)9-3-2-8-5/h4,8H,2-3H2,1H3,(H,9,11)/b5-4+. The average Bonchev–Trinajstić information content (AvgIpc) is 2.09. The first-order valence-corrected chi connectivity index (χ1v) is 3.56. The molecule has 0 unspecified atom stereocenters. The third-order valence-electron chi connectivity index (χ3n) is 1.43. The van der Waals surface area contributed by atoms with E-state index in [2.05, 4.69) is 15.4 Å². The van der Waals surface area contributed by atoms with Crippen molar-refractivity contribution in [2.45, 2.75) is 0 Å². The Morgan fingerprint density at radius 2 is 2.17 bits per heavy atom. The first kappa shape index (κ1) is 8.58. The molecule has 1 aliphatic rings.